The van der Waals surface area contributed by atoms with E-state index in [2.05, 4.69) is 15.8 Å². The number of esters is 1. The molecule has 0 fully saturated rings. The summed E-state index contributed by atoms with van der Waals surface area (Å²) in [5, 5.41) is 7.28. The van der Waals surface area contributed by atoms with Gasteiger partial charge in [-0.1, -0.05) is 6.92 Å². The number of hydrogen-bond donors (Lipinski definition) is 2. The van der Waals surface area contributed by atoms with Crippen LogP contribution >= 0.6 is 11.3 Å². The molecule has 2 amide bonds. The number of carbonyl (C=O) groups is 3. The highest BCUT2D eigenvalue weighted by Crippen LogP contribution is 2.33. The molecule has 0 saturated carbocycles. The molecule has 42 heavy (non-hydrogen) atoms. The van der Waals surface area contributed by atoms with Gasteiger partial charge in [-0.2, -0.15) is 5.10 Å². The lowest BCUT2D eigenvalue weighted by atomic mass is 10.1. The van der Waals surface area contributed by atoms with Crippen molar-refractivity contribution in [1.29, 1.82) is 0 Å². The number of thiophene rings is 1. The number of anilines is 1. The Labute approximate surface area is 250 Å². The molecular weight excluding hydrogens is 558 g/mol. The van der Waals surface area contributed by atoms with E-state index >= 15 is 0 Å². The molecule has 10 nitrogen and oxygen atoms in total. The van der Waals surface area contributed by atoms with Gasteiger partial charge in [-0.25, -0.2) is 10.2 Å². The summed E-state index contributed by atoms with van der Waals surface area (Å²) in [4.78, 5) is 38.7. The number of nitrogens with zero attached hydrogens (tertiary/aromatic N) is 1. The Kier molecular flexibility index (Phi) is 11.9. The second kappa shape index (κ2) is 15.6. The van der Waals surface area contributed by atoms with Gasteiger partial charge >= 0.3 is 5.97 Å². The van der Waals surface area contributed by atoms with Crippen molar-refractivity contribution in [2.75, 3.05) is 25.1 Å². The van der Waals surface area contributed by atoms with Crippen LogP contribution in [-0.2, 0) is 9.53 Å². The molecule has 0 aliphatic carbocycles. The number of amides is 2. The Morgan fingerprint density at radius 1 is 0.976 bits per heavy atom. The first kappa shape index (κ1) is 32.1. The number of ether oxygens (including phenoxy) is 4. The van der Waals surface area contributed by atoms with Gasteiger partial charge in [0.1, 0.15) is 10.8 Å². The van der Waals surface area contributed by atoms with Gasteiger partial charge in [-0.3, -0.25) is 9.59 Å². The van der Waals surface area contributed by atoms with Crippen LogP contribution in [0, 0.1) is 13.8 Å². The molecule has 0 radical (unpaired) electrons. The van der Waals surface area contributed by atoms with Crippen LogP contribution in [0.1, 0.15) is 70.8 Å². The maximum absolute atomic E-state index is 12.9. The molecule has 0 bridgehead atoms. The van der Waals surface area contributed by atoms with Crippen molar-refractivity contribution in [3.8, 4) is 17.2 Å². The zero-order chi connectivity index (χ0) is 30.6. The Hall–Kier alpha value is -4.38. The van der Waals surface area contributed by atoms with E-state index in [0.717, 1.165) is 22.4 Å². The van der Waals surface area contributed by atoms with Gasteiger partial charge in [-0.05, 0) is 94.6 Å². The molecule has 11 heteroatoms. The van der Waals surface area contributed by atoms with Gasteiger partial charge in [0.05, 0.1) is 31.6 Å². The number of hydrazone groups is 1. The van der Waals surface area contributed by atoms with E-state index in [-0.39, 0.29) is 12.5 Å². The number of hydrogen-bond acceptors (Lipinski definition) is 9. The van der Waals surface area contributed by atoms with Gasteiger partial charge in [0.15, 0.2) is 17.6 Å². The lowest BCUT2D eigenvalue weighted by molar-refractivity contribution is -0.127. The van der Waals surface area contributed by atoms with Crippen molar-refractivity contribution in [2.45, 2.75) is 54.1 Å². The van der Waals surface area contributed by atoms with Crippen molar-refractivity contribution in [3.63, 3.8) is 0 Å². The number of nitrogens with one attached hydrogen (secondary N) is 2. The average molecular weight is 596 g/mol. The molecule has 0 aliphatic heterocycles. The summed E-state index contributed by atoms with van der Waals surface area (Å²) < 4.78 is 22.2. The Bertz CT molecular complexity index is 1420. The largest absolute Gasteiger partial charge is 0.490 e. The fraction of sp³-hybridized carbons (Fsp3) is 0.355. The van der Waals surface area contributed by atoms with Crippen molar-refractivity contribution >= 4 is 40.3 Å². The molecule has 0 aliphatic rings. The first-order valence-corrected chi connectivity index (χ1v) is 14.6. The van der Waals surface area contributed by atoms with E-state index in [1.165, 1.54) is 17.6 Å². The summed E-state index contributed by atoms with van der Waals surface area (Å²) in [5.41, 5.74) is 4.70. The van der Waals surface area contributed by atoms with Gasteiger partial charge in [-0.15, -0.1) is 11.3 Å². The van der Waals surface area contributed by atoms with E-state index in [9.17, 15) is 14.4 Å². The Morgan fingerprint density at radius 3 is 2.38 bits per heavy atom. The fourth-order valence-corrected chi connectivity index (χ4v) is 4.79. The normalized spacial score (nSPS) is 11.6. The summed E-state index contributed by atoms with van der Waals surface area (Å²) in [6.45, 7) is 12.3. The number of aryl methyl sites for hydroxylation is 1. The van der Waals surface area contributed by atoms with Crippen LogP contribution in [0.2, 0.25) is 0 Å². The smallest absolute Gasteiger partial charge is 0.341 e. The quantitative estimate of drug-likeness (QED) is 0.135. The van der Waals surface area contributed by atoms with Crippen LogP contribution in [0.5, 0.6) is 17.2 Å². The molecule has 1 atom stereocenters. The molecule has 3 aromatic rings. The average Bonchev–Trinajstić information content (AvgIpc) is 3.25. The van der Waals surface area contributed by atoms with E-state index in [1.807, 2.05) is 33.8 Å². The lowest BCUT2D eigenvalue weighted by Gasteiger charge is -2.13. The highest BCUT2D eigenvalue weighted by molar-refractivity contribution is 7.16. The summed E-state index contributed by atoms with van der Waals surface area (Å²) in [6, 6.07) is 11.8. The Balaban J connectivity index is 1.57. The molecule has 0 saturated heterocycles. The fourth-order valence-electron chi connectivity index (χ4n) is 3.75. The molecule has 3 rings (SSSR count). The van der Waals surface area contributed by atoms with Crippen molar-refractivity contribution in [3.05, 3.63) is 69.6 Å². The Morgan fingerprint density at radius 2 is 1.71 bits per heavy atom. The number of rotatable bonds is 14. The first-order valence-electron chi connectivity index (χ1n) is 13.8. The standard InChI is InChI=1S/C31H37N3O7S/c1-7-16-40-25-15-10-22(17-26(25)38-8-2)18-32-34-28(35)20(5)41-24-13-11-23(12-14-24)29(36)33-30-27(31(37)39-9-3)19(4)21(6)42-30/h10-15,17-18,20H,7-9,16H2,1-6H3,(H,33,36)(H,34,35)/b32-18+. The summed E-state index contributed by atoms with van der Waals surface area (Å²) in [5.74, 6) is 0.359. The van der Waals surface area contributed by atoms with E-state index in [1.54, 1.807) is 50.2 Å². The second-order valence-electron chi connectivity index (χ2n) is 9.17. The lowest BCUT2D eigenvalue weighted by Crippen LogP contribution is -2.33. The van der Waals surface area contributed by atoms with Crippen molar-refractivity contribution < 1.29 is 33.3 Å². The molecular formula is C31H37N3O7S. The van der Waals surface area contributed by atoms with Gasteiger partial charge in [0, 0.05) is 10.4 Å². The minimum absolute atomic E-state index is 0.239. The maximum atomic E-state index is 12.9. The molecule has 1 unspecified atom stereocenters. The zero-order valence-electron chi connectivity index (χ0n) is 24.7. The van der Waals surface area contributed by atoms with E-state index in [0.29, 0.717) is 46.6 Å². The molecule has 224 valence electrons. The monoisotopic (exact) mass is 595 g/mol. The van der Waals surface area contributed by atoms with Gasteiger partial charge < -0.3 is 24.3 Å². The van der Waals surface area contributed by atoms with Crippen LogP contribution < -0.4 is 25.0 Å². The summed E-state index contributed by atoms with van der Waals surface area (Å²) in [6.07, 6.45) is 1.54. The summed E-state index contributed by atoms with van der Waals surface area (Å²) in [7, 11) is 0. The SMILES string of the molecule is CCCOc1ccc(/C=N/NC(=O)C(C)Oc2ccc(C(=O)Nc3sc(C)c(C)c3C(=O)OCC)cc2)cc1OCC. The van der Waals surface area contributed by atoms with E-state index < -0.39 is 18.0 Å². The topological polar surface area (TPSA) is 125 Å². The maximum Gasteiger partial charge on any atom is 0.341 e. The third-order valence-electron chi connectivity index (χ3n) is 6.01. The van der Waals surface area contributed by atoms with Crippen LogP contribution in [-0.4, -0.2) is 49.9 Å². The van der Waals surface area contributed by atoms with Crippen LogP contribution in [0.15, 0.2) is 47.6 Å². The van der Waals surface area contributed by atoms with Crippen molar-refractivity contribution in [2.24, 2.45) is 5.10 Å². The predicted molar refractivity (Wildman–Crippen MR) is 163 cm³/mol. The zero-order valence-corrected chi connectivity index (χ0v) is 25.6. The molecule has 1 heterocycles. The predicted octanol–water partition coefficient (Wildman–Crippen LogP) is 5.90. The second-order valence-corrected chi connectivity index (χ2v) is 10.4. The first-order chi connectivity index (χ1) is 20.2. The van der Waals surface area contributed by atoms with Crippen molar-refractivity contribution in [1.82, 2.24) is 5.43 Å². The highest BCUT2D eigenvalue weighted by Gasteiger charge is 2.22. The van der Waals surface area contributed by atoms with Crippen LogP contribution in [0.4, 0.5) is 5.00 Å². The molecule has 2 aromatic carbocycles. The third kappa shape index (κ3) is 8.56. The third-order valence-corrected chi connectivity index (χ3v) is 7.13. The molecule has 2 N–H and O–H groups in total. The highest BCUT2D eigenvalue weighted by atomic mass is 32.1. The minimum atomic E-state index is -0.852. The van der Waals surface area contributed by atoms with Gasteiger partial charge in [0.2, 0.25) is 0 Å². The van der Waals surface area contributed by atoms with Gasteiger partial charge in [0.25, 0.3) is 11.8 Å². The summed E-state index contributed by atoms with van der Waals surface area (Å²) >= 11 is 1.32. The number of benzene rings is 2. The van der Waals surface area contributed by atoms with Crippen LogP contribution in [0.3, 0.4) is 0 Å². The van der Waals surface area contributed by atoms with Crippen LogP contribution in [0.25, 0.3) is 0 Å². The minimum Gasteiger partial charge on any atom is -0.490 e. The molecule has 0 spiro atoms. The van der Waals surface area contributed by atoms with E-state index in [4.69, 9.17) is 18.9 Å². The molecule has 1 aromatic heterocycles. The number of carbonyl (C=O) groups excluding carboxylic acids is 3.